The molecule has 0 aromatic carbocycles. The van der Waals surface area contributed by atoms with Crippen molar-refractivity contribution in [3.63, 3.8) is 0 Å². The number of hydrogen-bond acceptors (Lipinski definition) is 3. The van der Waals surface area contributed by atoms with Gasteiger partial charge in [-0.15, -0.1) is 24.0 Å². The van der Waals surface area contributed by atoms with Crippen LogP contribution >= 0.6 is 24.0 Å². The highest BCUT2D eigenvalue weighted by atomic mass is 127. The Labute approximate surface area is 150 Å². The van der Waals surface area contributed by atoms with Crippen LogP contribution in [0.2, 0.25) is 0 Å². The smallest absolute Gasteiger partial charge is 0.193 e. The molecule has 1 saturated carbocycles. The van der Waals surface area contributed by atoms with Gasteiger partial charge in [0.25, 0.3) is 0 Å². The summed E-state index contributed by atoms with van der Waals surface area (Å²) in [5, 5.41) is 3.37. The zero-order chi connectivity index (χ0) is 14.9. The van der Waals surface area contributed by atoms with Crippen LogP contribution in [0.15, 0.2) is 29.5 Å². The van der Waals surface area contributed by atoms with Crippen molar-refractivity contribution in [2.24, 2.45) is 10.9 Å². The molecule has 1 aromatic rings. The zero-order valence-electron chi connectivity index (χ0n) is 13.5. The minimum absolute atomic E-state index is 0. The topological polar surface area (TPSA) is 49.8 Å². The molecule has 1 fully saturated rings. The van der Waals surface area contributed by atoms with Gasteiger partial charge in [0.2, 0.25) is 0 Å². The van der Waals surface area contributed by atoms with Crippen LogP contribution in [0.5, 0.6) is 0 Å². The van der Waals surface area contributed by atoms with Crippen LogP contribution in [0.3, 0.4) is 0 Å². The molecule has 0 radical (unpaired) electrons. The number of hydrogen-bond donors (Lipinski definition) is 1. The number of ether oxygens (including phenoxy) is 1. The van der Waals surface area contributed by atoms with E-state index >= 15 is 0 Å². The van der Waals surface area contributed by atoms with Gasteiger partial charge in [0.1, 0.15) is 0 Å². The quantitative estimate of drug-likeness (QED) is 0.304. The van der Waals surface area contributed by atoms with Crippen molar-refractivity contribution in [2.45, 2.75) is 19.3 Å². The normalized spacial score (nSPS) is 14.4. The maximum Gasteiger partial charge on any atom is 0.193 e. The van der Waals surface area contributed by atoms with E-state index in [4.69, 9.17) is 4.74 Å². The molecule has 1 aliphatic rings. The van der Waals surface area contributed by atoms with E-state index in [9.17, 15) is 0 Å². The highest BCUT2D eigenvalue weighted by Crippen LogP contribution is 2.28. The van der Waals surface area contributed by atoms with Gasteiger partial charge in [0.15, 0.2) is 5.96 Å². The van der Waals surface area contributed by atoms with Crippen molar-refractivity contribution in [1.29, 1.82) is 0 Å². The van der Waals surface area contributed by atoms with Crippen LogP contribution in [-0.2, 0) is 11.2 Å². The zero-order valence-corrected chi connectivity index (χ0v) is 15.8. The van der Waals surface area contributed by atoms with E-state index in [0.717, 1.165) is 44.6 Å². The number of likely N-dealkylation sites (N-methyl/N-ethyl adjacent to an activating group) is 1. The van der Waals surface area contributed by atoms with Crippen molar-refractivity contribution < 1.29 is 4.74 Å². The molecule has 124 valence electrons. The van der Waals surface area contributed by atoms with Crippen molar-refractivity contribution in [3.8, 4) is 0 Å². The maximum atomic E-state index is 5.66. The number of halogens is 1. The van der Waals surface area contributed by atoms with Gasteiger partial charge in [-0.1, -0.05) is 6.07 Å². The molecule has 0 saturated heterocycles. The maximum absolute atomic E-state index is 5.66. The van der Waals surface area contributed by atoms with E-state index in [0.29, 0.717) is 0 Å². The Morgan fingerprint density at radius 2 is 2.32 bits per heavy atom. The van der Waals surface area contributed by atoms with Crippen LogP contribution in [0.25, 0.3) is 0 Å². The molecule has 1 aromatic heterocycles. The molecule has 1 heterocycles. The molecule has 1 aliphatic carbocycles. The Kier molecular flexibility index (Phi) is 9.38. The number of pyridine rings is 1. The molecular weight excluding hydrogens is 391 g/mol. The summed E-state index contributed by atoms with van der Waals surface area (Å²) in [6, 6.07) is 4.06. The molecule has 0 bridgehead atoms. The van der Waals surface area contributed by atoms with Gasteiger partial charge >= 0.3 is 0 Å². The summed E-state index contributed by atoms with van der Waals surface area (Å²) in [6.45, 7) is 3.39. The van der Waals surface area contributed by atoms with E-state index < -0.39 is 0 Å². The van der Waals surface area contributed by atoms with E-state index in [1.165, 1.54) is 18.4 Å². The van der Waals surface area contributed by atoms with Gasteiger partial charge < -0.3 is 15.0 Å². The van der Waals surface area contributed by atoms with Gasteiger partial charge in [-0.3, -0.25) is 9.98 Å². The lowest BCUT2D eigenvalue weighted by Gasteiger charge is -2.22. The second-order valence-corrected chi connectivity index (χ2v) is 5.53. The fourth-order valence-electron chi connectivity index (χ4n) is 2.09. The van der Waals surface area contributed by atoms with E-state index in [1.54, 1.807) is 6.20 Å². The Hall–Kier alpha value is -0.890. The lowest BCUT2D eigenvalue weighted by molar-refractivity contribution is 0.115. The van der Waals surface area contributed by atoms with E-state index in [-0.39, 0.29) is 24.0 Å². The minimum atomic E-state index is 0. The first-order chi connectivity index (χ1) is 10.3. The summed E-state index contributed by atoms with van der Waals surface area (Å²) >= 11 is 0. The van der Waals surface area contributed by atoms with Crippen LogP contribution in [0, 0.1) is 5.92 Å². The largest absolute Gasteiger partial charge is 0.379 e. The van der Waals surface area contributed by atoms with Gasteiger partial charge in [-0.25, -0.2) is 0 Å². The monoisotopic (exact) mass is 418 g/mol. The molecule has 5 nitrogen and oxygen atoms in total. The molecule has 6 heteroatoms. The van der Waals surface area contributed by atoms with Crippen LogP contribution in [0.1, 0.15) is 18.4 Å². The predicted octanol–water partition coefficient (Wildman–Crippen LogP) is 2.18. The SMILES string of the molecule is CN=C(NCCc1cccnc1)N(C)CCOCC1CC1.I. The average Bonchev–Trinajstić information content (AvgIpc) is 3.33. The molecule has 0 spiro atoms. The molecule has 2 rings (SSSR count). The van der Waals surface area contributed by atoms with E-state index in [2.05, 4.69) is 26.3 Å². The summed E-state index contributed by atoms with van der Waals surface area (Å²) in [5.41, 5.74) is 1.23. The predicted molar refractivity (Wildman–Crippen MR) is 101 cm³/mol. The van der Waals surface area contributed by atoms with Gasteiger partial charge in [0.05, 0.1) is 6.61 Å². The number of guanidine groups is 1. The van der Waals surface area contributed by atoms with Gasteiger partial charge in [0, 0.05) is 46.2 Å². The number of nitrogens with zero attached hydrogens (tertiary/aromatic N) is 3. The number of rotatable bonds is 8. The van der Waals surface area contributed by atoms with Crippen LogP contribution in [0.4, 0.5) is 0 Å². The Bertz CT molecular complexity index is 437. The molecular formula is C16H27IN4O. The summed E-state index contributed by atoms with van der Waals surface area (Å²) in [5.74, 6) is 1.74. The first kappa shape index (κ1) is 19.2. The number of aromatic nitrogens is 1. The summed E-state index contributed by atoms with van der Waals surface area (Å²) in [4.78, 5) is 10.5. The minimum Gasteiger partial charge on any atom is -0.379 e. The third-order valence-corrected chi connectivity index (χ3v) is 3.61. The lowest BCUT2D eigenvalue weighted by atomic mass is 10.2. The van der Waals surface area contributed by atoms with Crippen molar-refractivity contribution in [2.75, 3.05) is 40.4 Å². The number of nitrogens with one attached hydrogen (secondary N) is 1. The second kappa shape index (κ2) is 10.8. The van der Waals surface area contributed by atoms with Gasteiger partial charge in [-0.2, -0.15) is 0 Å². The van der Waals surface area contributed by atoms with Crippen molar-refractivity contribution in [1.82, 2.24) is 15.2 Å². The van der Waals surface area contributed by atoms with Crippen molar-refractivity contribution >= 4 is 29.9 Å². The first-order valence-corrected chi connectivity index (χ1v) is 7.68. The lowest BCUT2D eigenvalue weighted by Crippen LogP contribution is -2.41. The van der Waals surface area contributed by atoms with Crippen LogP contribution in [-0.4, -0.2) is 56.2 Å². The standard InChI is InChI=1S/C16H26N4O.HI/c1-17-16(19-9-7-14-4-3-8-18-12-14)20(2)10-11-21-13-15-5-6-15;/h3-4,8,12,15H,5-7,9-11,13H2,1-2H3,(H,17,19);1H. The third-order valence-electron chi connectivity index (χ3n) is 3.61. The van der Waals surface area contributed by atoms with Crippen molar-refractivity contribution in [3.05, 3.63) is 30.1 Å². The summed E-state index contributed by atoms with van der Waals surface area (Å²) in [7, 11) is 3.86. The average molecular weight is 418 g/mol. The molecule has 1 N–H and O–H groups in total. The Morgan fingerprint density at radius 3 is 2.95 bits per heavy atom. The van der Waals surface area contributed by atoms with Crippen LogP contribution < -0.4 is 5.32 Å². The highest BCUT2D eigenvalue weighted by Gasteiger charge is 2.21. The summed E-state index contributed by atoms with van der Waals surface area (Å²) < 4.78 is 5.66. The molecule has 0 atom stereocenters. The number of aliphatic imine (C=N–C) groups is 1. The molecule has 0 aliphatic heterocycles. The molecule has 22 heavy (non-hydrogen) atoms. The Morgan fingerprint density at radius 1 is 1.50 bits per heavy atom. The first-order valence-electron chi connectivity index (χ1n) is 7.68. The fraction of sp³-hybridized carbons (Fsp3) is 0.625. The Balaban J connectivity index is 0.00000242. The summed E-state index contributed by atoms with van der Waals surface area (Å²) in [6.07, 6.45) is 7.32. The fourth-order valence-corrected chi connectivity index (χ4v) is 2.09. The second-order valence-electron chi connectivity index (χ2n) is 5.53. The molecule has 0 amide bonds. The van der Waals surface area contributed by atoms with Gasteiger partial charge in [-0.05, 0) is 36.8 Å². The molecule has 0 unspecified atom stereocenters. The highest BCUT2D eigenvalue weighted by molar-refractivity contribution is 14.0. The third kappa shape index (κ3) is 7.40. The van der Waals surface area contributed by atoms with E-state index in [1.807, 2.05) is 26.4 Å².